The van der Waals surface area contributed by atoms with Gasteiger partial charge in [-0.2, -0.15) is 0 Å². The molecule has 0 aliphatic heterocycles. The third-order valence-corrected chi connectivity index (χ3v) is 3.34. The predicted octanol–water partition coefficient (Wildman–Crippen LogP) is 2.73. The van der Waals surface area contributed by atoms with Crippen LogP contribution >= 0.6 is 0 Å². The number of aromatic amines is 1. The number of hydrogen-bond donors (Lipinski definition) is 3. The molecule has 126 valence electrons. The van der Waals surface area contributed by atoms with Crippen LogP contribution in [0.3, 0.4) is 0 Å². The maximum Gasteiger partial charge on any atom is 0.417 e. The van der Waals surface area contributed by atoms with Gasteiger partial charge in [0.05, 0.1) is 5.52 Å². The molecule has 2 amide bonds. The molecule has 0 spiro atoms. The van der Waals surface area contributed by atoms with Gasteiger partial charge in [0.15, 0.2) is 5.58 Å². The van der Waals surface area contributed by atoms with Gasteiger partial charge in [0.25, 0.3) is 0 Å². The fourth-order valence-corrected chi connectivity index (χ4v) is 2.27. The van der Waals surface area contributed by atoms with Gasteiger partial charge in [0, 0.05) is 24.4 Å². The third kappa shape index (κ3) is 4.23. The second kappa shape index (κ2) is 6.88. The Balaban J connectivity index is 1.65. The van der Waals surface area contributed by atoms with Crippen molar-refractivity contribution in [2.75, 3.05) is 10.6 Å². The van der Waals surface area contributed by atoms with E-state index in [4.69, 9.17) is 4.42 Å². The molecule has 0 saturated heterocycles. The second-order valence-corrected chi connectivity index (χ2v) is 5.35. The lowest BCUT2D eigenvalue weighted by Gasteiger charge is -2.03. The number of carbonyl (C=O) groups is 2. The Labute approximate surface area is 142 Å². The van der Waals surface area contributed by atoms with Gasteiger partial charge in [-0.15, -0.1) is 0 Å². The number of oxazole rings is 1. The van der Waals surface area contributed by atoms with E-state index in [0.717, 1.165) is 5.56 Å². The highest BCUT2D eigenvalue weighted by molar-refractivity contribution is 6.02. The average molecular weight is 337 g/mol. The summed E-state index contributed by atoms with van der Waals surface area (Å²) in [4.78, 5) is 36.6. The van der Waals surface area contributed by atoms with Gasteiger partial charge in [0.1, 0.15) is 0 Å². The van der Waals surface area contributed by atoms with Gasteiger partial charge < -0.3 is 15.1 Å². The zero-order valence-corrected chi connectivity index (χ0v) is 13.3. The standard InChI is InChI=1S/C18H15N3O4/c1-11(22)19-13-5-2-12(3-6-13)4-9-17(23)20-14-7-8-16-15(10-14)21-18(24)25-16/h2-10H,1H3,(H,19,22)(H,20,23)(H,21,24)/b9-4+. The fourth-order valence-electron chi connectivity index (χ4n) is 2.27. The van der Waals surface area contributed by atoms with E-state index in [0.29, 0.717) is 22.5 Å². The molecule has 0 unspecified atom stereocenters. The van der Waals surface area contributed by atoms with Crippen LogP contribution in [0, 0.1) is 0 Å². The Kier molecular flexibility index (Phi) is 4.47. The summed E-state index contributed by atoms with van der Waals surface area (Å²) in [5, 5.41) is 5.38. The number of hydrogen-bond acceptors (Lipinski definition) is 4. The Hall–Kier alpha value is -3.61. The number of rotatable bonds is 4. The minimum absolute atomic E-state index is 0.140. The van der Waals surface area contributed by atoms with E-state index in [2.05, 4.69) is 15.6 Å². The molecule has 7 heteroatoms. The molecule has 0 atom stereocenters. The highest BCUT2D eigenvalue weighted by atomic mass is 16.4. The van der Waals surface area contributed by atoms with Crippen LogP contribution in [0.5, 0.6) is 0 Å². The van der Waals surface area contributed by atoms with Crippen LogP contribution in [-0.4, -0.2) is 16.8 Å². The van der Waals surface area contributed by atoms with Crippen molar-refractivity contribution in [2.45, 2.75) is 6.92 Å². The van der Waals surface area contributed by atoms with Crippen molar-refractivity contribution >= 4 is 40.4 Å². The first-order chi connectivity index (χ1) is 12.0. The molecule has 1 heterocycles. The zero-order valence-electron chi connectivity index (χ0n) is 13.3. The number of H-pyrrole nitrogens is 1. The average Bonchev–Trinajstić information content (AvgIpc) is 2.93. The molecule has 0 radical (unpaired) electrons. The van der Waals surface area contributed by atoms with E-state index >= 15 is 0 Å². The van der Waals surface area contributed by atoms with Crippen molar-refractivity contribution in [3.63, 3.8) is 0 Å². The van der Waals surface area contributed by atoms with E-state index in [1.165, 1.54) is 13.0 Å². The van der Waals surface area contributed by atoms with Gasteiger partial charge in [-0.05, 0) is 42.0 Å². The van der Waals surface area contributed by atoms with Crippen LogP contribution in [0.25, 0.3) is 17.2 Å². The molecule has 0 fully saturated rings. The Morgan fingerprint density at radius 2 is 1.76 bits per heavy atom. The number of fused-ring (bicyclic) bond motifs is 1. The number of aromatic nitrogens is 1. The van der Waals surface area contributed by atoms with Gasteiger partial charge in [-0.3, -0.25) is 14.6 Å². The molecular formula is C18H15N3O4. The van der Waals surface area contributed by atoms with E-state index in [9.17, 15) is 14.4 Å². The molecule has 0 aliphatic rings. The van der Waals surface area contributed by atoms with Crippen molar-refractivity contribution in [2.24, 2.45) is 0 Å². The molecule has 3 rings (SSSR count). The molecule has 2 aromatic carbocycles. The fraction of sp³-hybridized carbons (Fsp3) is 0.0556. The largest absolute Gasteiger partial charge is 0.417 e. The summed E-state index contributed by atoms with van der Waals surface area (Å²) in [6.45, 7) is 1.44. The van der Waals surface area contributed by atoms with E-state index in [-0.39, 0.29) is 11.8 Å². The minimum atomic E-state index is -0.541. The van der Waals surface area contributed by atoms with Gasteiger partial charge >= 0.3 is 5.76 Å². The predicted molar refractivity (Wildman–Crippen MR) is 95.2 cm³/mol. The van der Waals surface area contributed by atoms with Crippen LogP contribution in [0.2, 0.25) is 0 Å². The maximum atomic E-state index is 12.0. The van der Waals surface area contributed by atoms with Crippen molar-refractivity contribution in [3.8, 4) is 0 Å². The van der Waals surface area contributed by atoms with Crippen LogP contribution in [0.4, 0.5) is 11.4 Å². The summed E-state index contributed by atoms with van der Waals surface area (Å²) in [7, 11) is 0. The summed E-state index contributed by atoms with van der Waals surface area (Å²) >= 11 is 0. The summed E-state index contributed by atoms with van der Waals surface area (Å²) in [5.41, 5.74) is 2.99. The van der Waals surface area contributed by atoms with Gasteiger partial charge in [0.2, 0.25) is 11.8 Å². The quantitative estimate of drug-likeness (QED) is 0.637. The number of anilines is 2. The number of amides is 2. The van der Waals surface area contributed by atoms with Gasteiger partial charge in [-0.25, -0.2) is 4.79 Å². The molecular weight excluding hydrogens is 322 g/mol. The smallest absolute Gasteiger partial charge is 0.408 e. The van der Waals surface area contributed by atoms with E-state index < -0.39 is 5.76 Å². The third-order valence-electron chi connectivity index (χ3n) is 3.34. The van der Waals surface area contributed by atoms with Crippen LogP contribution in [-0.2, 0) is 9.59 Å². The molecule has 0 aliphatic carbocycles. The molecule has 1 aromatic heterocycles. The topological polar surface area (TPSA) is 104 Å². The van der Waals surface area contributed by atoms with Crippen molar-refractivity contribution in [1.82, 2.24) is 4.98 Å². The maximum absolute atomic E-state index is 12.0. The lowest BCUT2D eigenvalue weighted by Crippen LogP contribution is -2.07. The Morgan fingerprint density at radius 1 is 1.04 bits per heavy atom. The Morgan fingerprint density at radius 3 is 2.48 bits per heavy atom. The van der Waals surface area contributed by atoms with E-state index in [1.54, 1.807) is 48.5 Å². The first-order valence-corrected chi connectivity index (χ1v) is 7.49. The van der Waals surface area contributed by atoms with Crippen LogP contribution in [0.1, 0.15) is 12.5 Å². The van der Waals surface area contributed by atoms with Crippen LogP contribution < -0.4 is 16.4 Å². The SMILES string of the molecule is CC(=O)Nc1ccc(/C=C/C(=O)Nc2ccc3oc(=O)[nH]c3c2)cc1. The van der Waals surface area contributed by atoms with Crippen molar-refractivity contribution in [1.29, 1.82) is 0 Å². The monoisotopic (exact) mass is 337 g/mol. The van der Waals surface area contributed by atoms with E-state index in [1.807, 2.05) is 0 Å². The zero-order chi connectivity index (χ0) is 17.8. The number of nitrogens with one attached hydrogen (secondary N) is 3. The summed E-state index contributed by atoms with van der Waals surface area (Å²) < 4.78 is 4.90. The molecule has 0 bridgehead atoms. The van der Waals surface area contributed by atoms with Crippen LogP contribution in [0.15, 0.2) is 57.8 Å². The Bertz CT molecular complexity index is 1010. The molecule has 25 heavy (non-hydrogen) atoms. The van der Waals surface area contributed by atoms with Crippen molar-refractivity contribution in [3.05, 3.63) is 64.7 Å². The highest BCUT2D eigenvalue weighted by Gasteiger charge is 2.04. The normalized spacial score (nSPS) is 10.9. The molecule has 7 nitrogen and oxygen atoms in total. The summed E-state index contributed by atoms with van der Waals surface area (Å²) in [6, 6.07) is 12.0. The minimum Gasteiger partial charge on any atom is -0.408 e. The van der Waals surface area contributed by atoms with Crippen molar-refractivity contribution < 1.29 is 14.0 Å². The highest BCUT2D eigenvalue weighted by Crippen LogP contribution is 2.16. The summed E-state index contributed by atoms with van der Waals surface area (Å²) in [5.74, 6) is -0.990. The first-order valence-electron chi connectivity index (χ1n) is 7.49. The van der Waals surface area contributed by atoms with Gasteiger partial charge in [-0.1, -0.05) is 12.1 Å². The summed E-state index contributed by atoms with van der Waals surface area (Å²) in [6.07, 6.45) is 3.06. The lowest BCUT2D eigenvalue weighted by atomic mass is 10.2. The molecule has 0 saturated carbocycles. The lowest BCUT2D eigenvalue weighted by molar-refractivity contribution is -0.114. The molecule has 3 aromatic rings. The second-order valence-electron chi connectivity index (χ2n) is 5.35. The first kappa shape index (κ1) is 16.3. The number of benzene rings is 2. The number of carbonyl (C=O) groups excluding carboxylic acids is 2. The molecule has 3 N–H and O–H groups in total.